The highest BCUT2D eigenvalue weighted by Crippen LogP contribution is 2.41. The van der Waals surface area contributed by atoms with Crippen molar-refractivity contribution in [2.24, 2.45) is 11.7 Å². The minimum Gasteiger partial charge on any atom is -0.480 e. The number of carboxylic acids is 1. The molecule has 1 aliphatic carbocycles. The number of anilines is 1. The molecule has 0 bridgehead atoms. The molecule has 96 valence electrons. The van der Waals surface area contributed by atoms with Gasteiger partial charge in [0, 0.05) is 6.20 Å². The van der Waals surface area contributed by atoms with E-state index in [0.717, 1.165) is 12.8 Å². The zero-order valence-corrected chi connectivity index (χ0v) is 10.0. The first-order valence-electron chi connectivity index (χ1n) is 5.71. The third kappa shape index (κ3) is 2.27. The molecule has 0 aromatic carbocycles. The second-order valence-corrected chi connectivity index (χ2v) is 4.70. The summed E-state index contributed by atoms with van der Waals surface area (Å²) in [4.78, 5) is 26.2. The van der Waals surface area contributed by atoms with Crippen molar-refractivity contribution in [1.29, 1.82) is 0 Å². The molecule has 4 N–H and O–H groups in total. The van der Waals surface area contributed by atoms with Crippen molar-refractivity contribution in [1.82, 2.24) is 4.98 Å². The molecule has 0 spiro atoms. The standard InChI is InChI=1S/C12H15N3O3/c1-12(11(17)18,8-3-4-8)15-9-5-2-7(6-14-9)10(13)16/h2,5-6,8H,3-4H2,1H3,(H2,13,16)(H,14,15)(H,17,18). The summed E-state index contributed by atoms with van der Waals surface area (Å²) in [7, 11) is 0. The summed E-state index contributed by atoms with van der Waals surface area (Å²) in [5.41, 5.74) is 4.39. The van der Waals surface area contributed by atoms with Crippen molar-refractivity contribution in [3.05, 3.63) is 23.9 Å². The van der Waals surface area contributed by atoms with Crippen LogP contribution in [-0.2, 0) is 4.79 Å². The largest absolute Gasteiger partial charge is 0.480 e. The van der Waals surface area contributed by atoms with Gasteiger partial charge in [-0.25, -0.2) is 9.78 Å². The molecule has 6 nitrogen and oxygen atoms in total. The number of hydrogen-bond acceptors (Lipinski definition) is 4. The Morgan fingerprint density at radius 1 is 1.50 bits per heavy atom. The maximum Gasteiger partial charge on any atom is 0.329 e. The van der Waals surface area contributed by atoms with E-state index >= 15 is 0 Å². The molecular formula is C12H15N3O3. The Labute approximate surface area is 104 Å². The molecule has 1 aromatic heterocycles. The summed E-state index contributed by atoms with van der Waals surface area (Å²) >= 11 is 0. The molecule has 1 heterocycles. The Kier molecular flexibility index (Phi) is 2.94. The van der Waals surface area contributed by atoms with E-state index in [0.29, 0.717) is 11.4 Å². The number of carbonyl (C=O) groups is 2. The highest BCUT2D eigenvalue weighted by molar-refractivity contribution is 5.92. The maximum absolute atomic E-state index is 11.3. The van der Waals surface area contributed by atoms with Crippen LogP contribution in [0.1, 0.15) is 30.1 Å². The summed E-state index contributed by atoms with van der Waals surface area (Å²) < 4.78 is 0. The van der Waals surface area contributed by atoms with Crippen molar-refractivity contribution in [3.63, 3.8) is 0 Å². The lowest BCUT2D eigenvalue weighted by Crippen LogP contribution is -2.45. The number of carboxylic acid groups (broad SMARTS) is 1. The Morgan fingerprint density at radius 2 is 2.17 bits per heavy atom. The lowest BCUT2D eigenvalue weighted by atomic mass is 9.96. The number of hydrogen-bond donors (Lipinski definition) is 3. The quantitative estimate of drug-likeness (QED) is 0.717. The van der Waals surface area contributed by atoms with Crippen LogP contribution in [0, 0.1) is 5.92 Å². The zero-order chi connectivity index (χ0) is 13.3. The van der Waals surface area contributed by atoms with Gasteiger partial charge in [-0.2, -0.15) is 0 Å². The second kappa shape index (κ2) is 4.29. The normalized spacial score (nSPS) is 17.8. The molecule has 1 aromatic rings. The fraction of sp³-hybridized carbons (Fsp3) is 0.417. The van der Waals surface area contributed by atoms with Crippen LogP contribution in [0.2, 0.25) is 0 Å². The Morgan fingerprint density at radius 3 is 2.56 bits per heavy atom. The van der Waals surface area contributed by atoms with Gasteiger partial charge in [-0.15, -0.1) is 0 Å². The minimum atomic E-state index is -1.01. The molecule has 1 saturated carbocycles. The van der Waals surface area contributed by atoms with Crippen molar-refractivity contribution in [2.75, 3.05) is 5.32 Å². The van der Waals surface area contributed by atoms with Gasteiger partial charge in [-0.3, -0.25) is 4.79 Å². The van der Waals surface area contributed by atoms with Gasteiger partial charge >= 0.3 is 5.97 Å². The highest BCUT2D eigenvalue weighted by atomic mass is 16.4. The van der Waals surface area contributed by atoms with E-state index in [4.69, 9.17) is 5.73 Å². The molecular weight excluding hydrogens is 234 g/mol. The number of pyridine rings is 1. The summed E-state index contributed by atoms with van der Waals surface area (Å²) in [6.45, 7) is 1.65. The van der Waals surface area contributed by atoms with Crippen LogP contribution < -0.4 is 11.1 Å². The van der Waals surface area contributed by atoms with Crippen LogP contribution in [-0.4, -0.2) is 27.5 Å². The van der Waals surface area contributed by atoms with E-state index in [1.807, 2.05) is 0 Å². The van der Waals surface area contributed by atoms with E-state index in [1.165, 1.54) is 12.3 Å². The predicted molar refractivity (Wildman–Crippen MR) is 65.1 cm³/mol. The first-order valence-corrected chi connectivity index (χ1v) is 5.71. The van der Waals surface area contributed by atoms with Crippen molar-refractivity contribution >= 4 is 17.7 Å². The van der Waals surface area contributed by atoms with E-state index < -0.39 is 17.4 Å². The minimum absolute atomic E-state index is 0.118. The molecule has 1 aliphatic rings. The molecule has 18 heavy (non-hydrogen) atoms. The lowest BCUT2D eigenvalue weighted by molar-refractivity contribution is -0.142. The van der Waals surface area contributed by atoms with Crippen LogP contribution >= 0.6 is 0 Å². The fourth-order valence-electron chi connectivity index (χ4n) is 1.87. The first kappa shape index (κ1) is 12.3. The van der Waals surface area contributed by atoms with Gasteiger partial charge in [0.15, 0.2) is 0 Å². The van der Waals surface area contributed by atoms with Gasteiger partial charge in [0.05, 0.1) is 5.56 Å². The van der Waals surface area contributed by atoms with Crippen LogP contribution in [0.15, 0.2) is 18.3 Å². The van der Waals surface area contributed by atoms with Gasteiger partial charge in [0.25, 0.3) is 0 Å². The first-order chi connectivity index (χ1) is 8.43. The highest BCUT2D eigenvalue weighted by Gasteiger charge is 2.47. The molecule has 0 aliphatic heterocycles. The molecule has 6 heteroatoms. The zero-order valence-electron chi connectivity index (χ0n) is 10.0. The van der Waals surface area contributed by atoms with Crippen LogP contribution in [0.25, 0.3) is 0 Å². The Balaban J connectivity index is 2.17. The number of nitrogens with one attached hydrogen (secondary N) is 1. The van der Waals surface area contributed by atoms with Gasteiger partial charge in [0.2, 0.25) is 5.91 Å². The SMILES string of the molecule is CC(Nc1ccc(C(N)=O)cn1)(C(=O)O)C1CC1. The smallest absolute Gasteiger partial charge is 0.329 e. The van der Waals surface area contributed by atoms with Crippen molar-refractivity contribution in [2.45, 2.75) is 25.3 Å². The van der Waals surface area contributed by atoms with E-state index in [9.17, 15) is 14.7 Å². The number of amides is 1. The van der Waals surface area contributed by atoms with Crippen molar-refractivity contribution in [3.8, 4) is 0 Å². The predicted octanol–water partition coefficient (Wildman–Crippen LogP) is 0.846. The Bertz CT molecular complexity index is 482. The van der Waals surface area contributed by atoms with Crippen molar-refractivity contribution < 1.29 is 14.7 Å². The lowest BCUT2D eigenvalue weighted by Gasteiger charge is -2.26. The van der Waals surface area contributed by atoms with Gasteiger partial charge in [-0.1, -0.05) is 0 Å². The van der Waals surface area contributed by atoms with Gasteiger partial charge in [0.1, 0.15) is 11.4 Å². The molecule has 2 rings (SSSR count). The maximum atomic E-state index is 11.3. The molecule has 1 amide bonds. The molecule has 1 atom stereocenters. The Hall–Kier alpha value is -2.11. The van der Waals surface area contributed by atoms with E-state index in [-0.39, 0.29) is 5.92 Å². The number of carbonyl (C=O) groups excluding carboxylic acids is 1. The third-order valence-electron chi connectivity index (χ3n) is 3.27. The van der Waals surface area contributed by atoms with Crippen LogP contribution in [0.5, 0.6) is 0 Å². The molecule has 0 saturated heterocycles. The summed E-state index contributed by atoms with van der Waals surface area (Å²) in [5.74, 6) is -0.910. The fourth-order valence-corrected chi connectivity index (χ4v) is 1.87. The van der Waals surface area contributed by atoms with Crippen LogP contribution in [0.4, 0.5) is 5.82 Å². The monoisotopic (exact) mass is 249 g/mol. The van der Waals surface area contributed by atoms with Gasteiger partial charge in [-0.05, 0) is 37.8 Å². The molecule has 0 radical (unpaired) electrons. The molecule has 1 unspecified atom stereocenters. The molecule has 1 fully saturated rings. The summed E-state index contributed by atoms with van der Waals surface area (Å²) in [5, 5.41) is 12.2. The van der Waals surface area contributed by atoms with Gasteiger partial charge < -0.3 is 16.2 Å². The average Bonchev–Trinajstić information content (AvgIpc) is 3.13. The number of nitrogens with zero attached hydrogens (tertiary/aromatic N) is 1. The number of nitrogens with two attached hydrogens (primary N) is 1. The van der Waals surface area contributed by atoms with Crippen LogP contribution in [0.3, 0.4) is 0 Å². The average molecular weight is 249 g/mol. The summed E-state index contributed by atoms with van der Waals surface area (Å²) in [6.07, 6.45) is 3.13. The number of rotatable bonds is 5. The third-order valence-corrected chi connectivity index (χ3v) is 3.27. The second-order valence-electron chi connectivity index (χ2n) is 4.70. The number of aliphatic carboxylic acids is 1. The van der Waals surface area contributed by atoms with E-state index in [1.54, 1.807) is 13.0 Å². The number of aromatic nitrogens is 1. The summed E-state index contributed by atoms with van der Waals surface area (Å²) in [6, 6.07) is 3.08. The number of primary amides is 1. The van der Waals surface area contributed by atoms with E-state index in [2.05, 4.69) is 10.3 Å². The topological polar surface area (TPSA) is 105 Å².